The van der Waals surface area contributed by atoms with E-state index in [1.807, 2.05) is 6.08 Å². The van der Waals surface area contributed by atoms with Gasteiger partial charge in [-0.2, -0.15) is 0 Å². The van der Waals surface area contributed by atoms with Crippen molar-refractivity contribution >= 4 is 0 Å². The molecule has 0 rings (SSSR count). The molecular formula is C24H49NO2. The van der Waals surface area contributed by atoms with Gasteiger partial charge in [0.1, 0.15) is 0 Å². The second-order valence-electron chi connectivity index (χ2n) is 8.05. The molecule has 2 atom stereocenters. The monoisotopic (exact) mass is 383 g/mol. The lowest BCUT2D eigenvalue weighted by molar-refractivity contribution is 0.123. The summed E-state index contributed by atoms with van der Waals surface area (Å²) in [5, 5.41) is 22.9. The fourth-order valence-electron chi connectivity index (χ4n) is 3.43. The quantitative estimate of drug-likeness (QED) is 0.165. The first-order valence-corrected chi connectivity index (χ1v) is 11.9. The molecule has 0 aliphatic heterocycles. The highest BCUT2D eigenvalue weighted by molar-refractivity contribution is 4.94. The number of rotatable bonds is 21. The Labute approximate surface area is 170 Å². The topological polar surface area (TPSA) is 52.5 Å². The maximum atomic E-state index is 10.2. The van der Waals surface area contributed by atoms with Crippen molar-refractivity contribution in [1.29, 1.82) is 0 Å². The van der Waals surface area contributed by atoms with E-state index in [0.29, 0.717) is 0 Å². The molecule has 0 amide bonds. The Bertz CT molecular complexity index is 307. The number of nitrogens with one attached hydrogen (secondary N) is 1. The van der Waals surface area contributed by atoms with Crippen molar-refractivity contribution in [3.8, 4) is 0 Å². The molecule has 0 fully saturated rings. The largest absolute Gasteiger partial charge is 0.395 e. The molecule has 0 aliphatic carbocycles. The molecule has 0 saturated heterocycles. The van der Waals surface area contributed by atoms with E-state index in [1.54, 1.807) is 0 Å². The Morgan fingerprint density at radius 1 is 0.704 bits per heavy atom. The van der Waals surface area contributed by atoms with Gasteiger partial charge in [0.2, 0.25) is 0 Å². The minimum atomic E-state index is -0.589. The lowest BCUT2D eigenvalue weighted by Gasteiger charge is -2.19. The second-order valence-corrected chi connectivity index (χ2v) is 8.05. The van der Waals surface area contributed by atoms with E-state index in [9.17, 15) is 10.2 Å². The van der Waals surface area contributed by atoms with Crippen molar-refractivity contribution in [3.05, 3.63) is 12.2 Å². The number of aliphatic hydroxyl groups is 2. The molecule has 0 bridgehead atoms. The zero-order valence-corrected chi connectivity index (χ0v) is 18.4. The van der Waals surface area contributed by atoms with E-state index in [-0.39, 0.29) is 12.6 Å². The first-order valence-electron chi connectivity index (χ1n) is 11.9. The summed E-state index contributed by atoms with van der Waals surface area (Å²) in [7, 11) is 0. The maximum Gasteiger partial charge on any atom is 0.0896 e. The molecule has 3 nitrogen and oxygen atoms in total. The summed E-state index contributed by atoms with van der Waals surface area (Å²) < 4.78 is 0. The maximum absolute atomic E-state index is 10.2. The van der Waals surface area contributed by atoms with Crippen LogP contribution in [0.5, 0.6) is 0 Å². The van der Waals surface area contributed by atoms with E-state index in [4.69, 9.17) is 0 Å². The van der Waals surface area contributed by atoms with E-state index >= 15 is 0 Å². The Hall–Kier alpha value is -0.380. The van der Waals surface area contributed by atoms with Crippen LogP contribution in [0.25, 0.3) is 0 Å². The average molecular weight is 384 g/mol. The van der Waals surface area contributed by atoms with Gasteiger partial charge < -0.3 is 15.5 Å². The van der Waals surface area contributed by atoms with Gasteiger partial charge in [0.25, 0.3) is 0 Å². The Morgan fingerprint density at radius 3 is 1.70 bits per heavy atom. The number of hydrogen-bond donors (Lipinski definition) is 3. The van der Waals surface area contributed by atoms with Crippen molar-refractivity contribution < 1.29 is 10.2 Å². The van der Waals surface area contributed by atoms with E-state index in [1.165, 1.54) is 89.9 Å². The molecule has 0 heterocycles. The average Bonchev–Trinajstić information content (AvgIpc) is 2.68. The third-order valence-corrected chi connectivity index (χ3v) is 5.35. The Balaban J connectivity index is 3.51. The summed E-state index contributed by atoms with van der Waals surface area (Å²) in [6.45, 7) is 5.33. The van der Waals surface area contributed by atoms with Gasteiger partial charge in [-0.3, -0.25) is 0 Å². The molecule has 162 valence electrons. The predicted molar refractivity (Wildman–Crippen MR) is 119 cm³/mol. The van der Waals surface area contributed by atoms with E-state index in [2.05, 4.69) is 25.2 Å². The van der Waals surface area contributed by atoms with E-state index in [0.717, 1.165) is 19.4 Å². The second kappa shape index (κ2) is 21.9. The third kappa shape index (κ3) is 18.7. The molecule has 0 aromatic heterocycles. The Kier molecular flexibility index (Phi) is 21.6. The van der Waals surface area contributed by atoms with Gasteiger partial charge in [0.15, 0.2) is 0 Å². The van der Waals surface area contributed by atoms with Crippen LogP contribution in [-0.4, -0.2) is 35.5 Å². The SMILES string of the molecule is CCCCCCCCCCCCC/C=C/[C@@H](O)[C@H](CO)NCCCCCC. The van der Waals surface area contributed by atoms with Gasteiger partial charge in [-0.05, 0) is 25.8 Å². The van der Waals surface area contributed by atoms with Gasteiger partial charge in [-0.25, -0.2) is 0 Å². The van der Waals surface area contributed by atoms with Crippen LogP contribution < -0.4 is 5.32 Å². The summed E-state index contributed by atoms with van der Waals surface area (Å²) in [6, 6.07) is -0.236. The molecular weight excluding hydrogens is 334 g/mol. The molecule has 27 heavy (non-hydrogen) atoms. The number of aliphatic hydroxyl groups excluding tert-OH is 2. The first-order chi connectivity index (χ1) is 13.3. The van der Waals surface area contributed by atoms with Crippen LogP contribution in [0.2, 0.25) is 0 Å². The van der Waals surface area contributed by atoms with Crippen LogP contribution in [0.1, 0.15) is 117 Å². The van der Waals surface area contributed by atoms with Crippen LogP contribution in [0.3, 0.4) is 0 Å². The summed E-state index contributed by atoms with van der Waals surface area (Å²) in [5.41, 5.74) is 0. The number of allylic oxidation sites excluding steroid dienone is 1. The van der Waals surface area contributed by atoms with Crippen LogP contribution in [0.15, 0.2) is 12.2 Å². The molecule has 0 spiro atoms. The lowest BCUT2D eigenvalue weighted by Crippen LogP contribution is -2.42. The Morgan fingerprint density at radius 2 is 1.19 bits per heavy atom. The molecule has 3 N–H and O–H groups in total. The molecule has 0 unspecified atom stereocenters. The lowest BCUT2D eigenvalue weighted by atomic mass is 10.0. The molecule has 0 aromatic carbocycles. The smallest absolute Gasteiger partial charge is 0.0896 e. The highest BCUT2D eigenvalue weighted by atomic mass is 16.3. The highest BCUT2D eigenvalue weighted by Gasteiger charge is 2.14. The number of unbranched alkanes of at least 4 members (excludes halogenated alkanes) is 14. The minimum Gasteiger partial charge on any atom is -0.395 e. The van der Waals surface area contributed by atoms with Gasteiger partial charge in [-0.1, -0.05) is 109 Å². The standard InChI is InChI=1S/C24H49NO2/c1-3-5-7-9-10-11-12-13-14-15-16-17-18-20-24(27)23(22-26)25-21-19-8-6-4-2/h18,20,23-27H,3-17,19,21-22H2,1-2H3/b20-18+/t23-,24+/m0/s1. The zero-order chi connectivity index (χ0) is 20.0. The van der Waals surface area contributed by atoms with Crippen molar-refractivity contribution in [2.75, 3.05) is 13.2 Å². The number of hydrogen-bond acceptors (Lipinski definition) is 3. The molecule has 3 heteroatoms. The van der Waals surface area contributed by atoms with Gasteiger partial charge >= 0.3 is 0 Å². The zero-order valence-electron chi connectivity index (χ0n) is 18.4. The predicted octanol–water partition coefficient (Wildman–Crippen LogP) is 6.14. The molecule has 0 saturated carbocycles. The van der Waals surface area contributed by atoms with Crippen molar-refractivity contribution in [2.45, 2.75) is 129 Å². The summed E-state index contributed by atoms with van der Waals surface area (Å²) in [4.78, 5) is 0. The van der Waals surface area contributed by atoms with Crippen molar-refractivity contribution in [2.24, 2.45) is 0 Å². The molecule has 0 radical (unpaired) electrons. The summed E-state index contributed by atoms with van der Waals surface area (Å²) >= 11 is 0. The summed E-state index contributed by atoms with van der Waals surface area (Å²) in [5.74, 6) is 0. The van der Waals surface area contributed by atoms with E-state index < -0.39 is 6.10 Å². The van der Waals surface area contributed by atoms with Crippen LogP contribution >= 0.6 is 0 Å². The van der Waals surface area contributed by atoms with Gasteiger partial charge in [0.05, 0.1) is 18.8 Å². The van der Waals surface area contributed by atoms with Gasteiger partial charge in [0, 0.05) is 0 Å². The molecule has 0 aliphatic rings. The van der Waals surface area contributed by atoms with Crippen LogP contribution in [0.4, 0.5) is 0 Å². The minimum absolute atomic E-state index is 0.0161. The van der Waals surface area contributed by atoms with Crippen molar-refractivity contribution in [1.82, 2.24) is 5.32 Å². The fraction of sp³-hybridized carbons (Fsp3) is 0.917. The first kappa shape index (κ1) is 26.6. The van der Waals surface area contributed by atoms with Crippen LogP contribution in [-0.2, 0) is 0 Å². The highest BCUT2D eigenvalue weighted by Crippen LogP contribution is 2.12. The van der Waals surface area contributed by atoms with Gasteiger partial charge in [-0.15, -0.1) is 0 Å². The fourth-order valence-corrected chi connectivity index (χ4v) is 3.43. The third-order valence-electron chi connectivity index (χ3n) is 5.35. The normalized spacial score (nSPS) is 14.1. The van der Waals surface area contributed by atoms with Crippen LogP contribution in [0, 0.1) is 0 Å². The molecule has 0 aromatic rings. The van der Waals surface area contributed by atoms with Crippen molar-refractivity contribution in [3.63, 3.8) is 0 Å². The summed E-state index contributed by atoms with van der Waals surface area (Å²) in [6.07, 6.45) is 24.2.